The highest BCUT2D eigenvalue weighted by Crippen LogP contribution is 2.22. The maximum absolute atomic E-state index is 6.21. The first-order chi connectivity index (χ1) is 8.17. The minimum Gasteiger partial charge on any atom is -0.380 e. The van der Waals surface area contributed by atoms with Crippen LogP contribution in [-0.4, -0.2) is 25.8 Å². The van der Waals surface area contributed by atoms with Gasteiger partial charge in [-0.05, 0) is 37.6 Å². The Hall–Kier alpha value is -0.0900. The highest BCUT2D eigenvalue weighted by molar-refractivity contribution is 9.10. The molecule has 1 N–H and O–H groups in total. The van der Waals surface area contributed by atoms with E-state index >= 15 is 0 Å². The Labute approximate surface area is 117 Å². The van der Waals surface area contributed by atoms with E-state index in [1.807, 2.05) is 19.1 Å². The van der Waals surface area contributed by atoms with Crippen LogP contribution in [0.2, 0.25) is 5.02 Å². The molecule has 1 atom stereocenters. The normalized spacial score (nSPS) is 12.7. The number of rotatable bonds is 7. The Bertz CT molecular complexity index is 346. The van der Waals surface area contributed by atoms with Gasteiger partial charge in [0.15, 0.2) is 0 Å². The zero-order valence-electron chi connectivity index (χ0n) is 10.3. The van der Waals surface area contributed by atoms with Crippen LogP contribution in [0.5, 0.6) is 0 Å². The molecule has 1 aromatic rings. The van der Waals surface area contributed by atoms with Gasteiger partial charge in [0.1, 0.15) is 0 Å². The third-order valence-corrected chi connectivity index (χ3v) is 3.34. The summed E-state index contributed by atoms with van der Waals surface area (Å²) in [5.41, 5.74) is 1.15. The van der Waals surface area contributed by atoms with Gasteiger partial charge >= 0.3 is 0 Å². The highest BCUT2D eigenvalue weighted by Gasteiger charge is 2.10. The van der Waals surface area contributed by atoms with E-state index in [0.29, 0.717) is 6.04 Å². The van der Waals surface area contributed by atoms with Gasteiger partial charge in [-0.2, -0.15) is 0 Å². The first-order valence-corrected chi connectivity index (χ1v) is 7.09. The molecule has 1 aromatic carbocycles. The van der Waals surface area contributed by atoms with Crippen LogP contribution in [0.4, 0.5) is 0 Å². The Balaban J connectivity index is 2.64. The molecule has 0 spiro atoms. The van der Waals surface area contributed by atoms with Crippen LogP contribution < -0.4 is 5.32 Å². The monoisotopic (exact) mass is 319 g/mol. The third-order valence-electron chi connectivity index (χ3n) is 2.50. The fourth-order valence-corrected chi connectivity index (χ4v) is 2.44. The minimum atomic E-state index is 0.318. The highest BCUT2D eigenvalue weighted by atomic mass is 79.9. The summed E-state index contributed by atoms with van der Waals surface area (Å²) in [5, 5.41) is 4.22. The summed E-state index contributed by atoms with van der Waals surface area (Å²) >= 11 is 9.62. The molecule has 0 heterocycles. The summed E-state index contributed by atoms with van der Waals surface area (Å²) in [6.45, 7) is 6.51. The molecule has 0 aliphatic carbocycles. The van der Waals surface area contributed by atoms with E-state index in [1.165, 1.54) is 0 Å². The van der Waals surface area contributed by atoms with Crippen LogP contribution in [0.15, 0.2) is 22.7 Å². The van der Waals surface area contributed by atoms with Crippen molar-refractivity contribution in [3.8, 4) is 0 Å². The van der Waals surface area contributed by atoms with Gasteiger partial charge in [-0.15, -0.1) is 0 Å². The molecule has 0 aromatic heterocycles. The lowest BCUT2D eigenvalue weighted by Gasteiger charge is -2.18. The van der Waals surface area contributed by atoms with Crippen LogP contribution in [0.1, 0.15) is 19.4 Å². The van der Waals surface area contributed by atoms with E-state index in [2.05, 4.69) is 34.2 Å². The van der Waals surface area contributed by atoms with Crippen molar-refractivity contribution in [3.05, 3.63) is 33.3 Å². The molecule has 0 bridgehead atoms. The van der Waals surface area contributed by atoms with Crippen molar-refractivity contribution in [1.82, 2.24) is 5.32 Å². The molecule has 0 saturated carbocycles. The SMILES string of the molecule is CCNC(COCC)Cc1ccc(Br)cc1Cl. The summed E-state index contributed by atoms with van der Waals surface area (Å²) in [7, 11) is 0. The summed E-state index contributed by atoms with van der Waals surface area (Å²) in [4.78, 5) is 0. The van der Waals surface area contributed by atoms with Crippen molar-refractivity contribution in [2.75, 3.05) is 19.8 Å². The van der Waals surface area contributed by atoms with Crippen LogP contribution in [-0.2, 0) is 11.2 Å². The number of halogens is 2. The molecule has 4 heteroatoms. The number of ether oxygens (including phenoxy) is 1. The average molecular weight is 321 g/mol. The number of hydrogen-bond donors (Lipinski definition) is 1. The van der Waals surface area contributed by atoms with Gasteiger partial charge in [0, 0.05) is 22.1 Å². The Morgan fingerprint density at radius 2 is 2.18 bits per heavy atom. The van der Waals surface area contributed by atoms with E-state index in [0.717, 1.165) is 41.2 Å². The molecule has 0 amide bonds. The molecule has 0 saturated heterocycles. The van der Waals surface area contributed by atoms with Gasteiger partial charge in [-0.1, -0.05) is 40.5 Å². The zero-order chi connectivity index (χ0) is 12.7. The van der Waals surface area contributed by atoms with E-state index in [9.17, 15) is 0 Å². The number of hydrogen-bond acceptors (Lipinski definition) is 2. The molecule has 96 valence electrons. The van der Waals surface area contributed by atoms with Gasteiger partial charge in [0.2, 0.25) is 0 Å². The molecule has 1 unspecified atom stereocenters. The topological polar surface area (TPSA) is 21.3 Å². The van der Waals surface area contributed by atoms with Gasteiger partial charge in [-0.25, -0.2) is 0 Å². The second-order valence-electron chi connectivity index (χ2n) is 3.85. The molecule has 2 nitrogen and oxygen atoms in total. The third kappa shape index (κ3) is 5.38. The largest absolute Gasteiger partial charge is 0.380 e. The van der Waals surface area contributed by atoms with Crippen molar-refractivity contribution < 1.29 is 4.74 Å². The van der Waals surface area contributed by atoms with Gasteiger partial charge in [0.05, 0.1) is 6.61 Å². The predicted molar refractivity (Wildman–Crippen MR) is 76.8 cm³/mol. The van der Waals surface area contributed by atoms with E-state index in [1.54, 1.807) is 0 Å². The van der Waals surface area contributed by atoms with Crippen molar-refractivity contribution >= 4 is 27.5 Å². The molecule has 0 aliphatic heterocycles. The molecular weight excluding hydrogens is 302 g/mol. The lowest BCUT2D eigenvalue weighted by Crippen LogP contribution is -2.35. The van der Waals surface area contributed by atoms with Crippen molar-refractivity contribution in [2.24, 2.45) is 0 Å². The van der Waals surface area contributed by atoms with Crippen LogP contribution in [0.25, 0.3) is 0 Å². The lowest BCUT2D eigenvalue weighted by molar-refractivity contribution is 0.123. The van der Waals surface area contributed by atoms with Crippen LogP contribution in [0, 0.1) is 0 Å². The number of nitrogens with one attached hydrogen (secondary N) is 1. The molecule has 17 heavy (non-hydrogen) atoms. The summed E-state index contributed by atoms with van der Waals surface area (Å²) in [6.07, 6.45) is 0.889. The van der Waals surface area contributed by atoms with Crippen LogP contribution in [0.3, 0.4) is 0 Å². The standard InChI is InChI=1S/C13H19BrClNO/c1-3-16-12(9-17-4-2)7-10-5-6-11(14)8-13(10)15/h5-6,8,12,16H,3-4,7,9H2,1-2H3. The maximum atomic E-state index is 6.21. The first-order valence-electron chi connectivity index (χ1n) is 5.92. The number of benzene rings is 1. The summed E-state index contributed by atoms with van der Waals surface area (Å²) < 4.78 is 6.48. The number of likely N-dealkylation sites (N-methyl/N-ethyl adjacent to an activating group) is 1. The first kappa shape index (κ1) is 15.0. The van der Waals surface area contributed by atoms with Gasteiger partial charge < -0.3 is 10.1 Å². The smallest absolute Gasteiger partial charge is 0.0622 e. The Morgan fingerprint density at radius 3 is 2.76 bits per heavy atom. The summed E-state index contributed by atoms with van der Waals surface area (Å²) in [6, 6.07) is 6.33. The Morgan fingerprint density at radius 1 is 1.41 bits per heavy atom. The lowest BCUT2D eigenvalue weighted by atomic mass is 10.1. The molecule has 0 radical (unpaired) electrons. The quantitative estimate of drug-likeness (QED) is 0.828. The van der Waals surface area contributed by atoms with Crippen LogP contribution >= 0.6 is 27.5 Å². The minimum absolute atomic E-state index is 0.318. The molecule has 1 rings (SSSR count). The summed E-state index contributed by atoms with van der Waals surface area (Å²) in [5.74, 6) is 0. The van der Waals surface area contributed by atoms with E-state index < -0.39 is 0 Å². The molecular formula is C13H19BrClNO. The zero-order valence-corrected chi connectivity index (χ0v) is 12.6. The van der Waals surface area contributed by atoms with Gasteiger partial charge in [-0.3, -0.25) is 0 Å². The maximum Gasteiger partial charge on any atom is 0.0622 e. The van der Waals surface area contributed by atoms with E-state index in [-0.39, 0.29) is 0 Å². The van der Waals surface area contributed by atoms with Gasteiger partial charge in [0.25, 0.3) is 0 Å². The second-order valence-corrected chi connectivity index (χ2v) is 5.18. The second kappa shape index (κ2) is 8.09. The fraction of sp³-hybridized carbons (Fsp3) is 0.538. The van der Waals surface area contributed by atoms with Crippen molar-refractivity contribution in [2.45, 2.75) is 26.3 Å². The van der Waals surface area contributed by atoms with Crippen molar-refractivity contribution in [1.29, 1.82) is 0 Å². The van der Waals surface area contributed by atoms with E-state index in [4.69, 9.17) is 16.3 Å². The average Bonchev–Trinajstić information content (AvgIpc) is 2.29. The Kier molecular flexibility index (Phi) is 7.12. The predicted octanol–water partition coefficient (Wildman–Crippen LogP) is 3.66. The molecule has 0 fully saturated rings. The van der Waals surface area contributed by atoms with Crippen molar-refractivity contribution in [3.63, 3.8) is 0 Å². The fourth-order valence-electron chi connectivity index (χ4n) is 1.69. The molecule has 0 aliphatic rings.